The maximum atomic E-state index is 13.1. The molecule has 0 N–H and O–H groups in total. The molecule has 0 aromatic carbocycles. The molecule has 0 unspecified atom stereocenters. The van der Waals surface area contributed by atoms with Gasteiger partial charge in [-0.05, 0) is 6.42 Å². The lowest BCUT2D eigenvalue weighted by Gasteiger charge is -2.13. The fourth-order valence-corrected chi connectivity index (χ4v) is 3.77. The molecular formula is C24H43F2O7S-. The minimum absolute atomic E-state index is 0.146. The molecule has 0 heterocycles. The molecule has 0 aromatic rings. The van der Waals surface area contributed by atoms with E-state index in [9.17, 15) is 23.6 Å². The molecule has 0 bridgehead atoms. The van der Waals surface area contributed by atoms with Crippen molar-refractivity contribution in [2.24, 2.45) is 0 Å². The summed E-state index contributed by atoms with van der Waals surface area (Å²) in [5, 5.41) is 8.08. The van der Waals surface area contributed by atoms with Crippen molar-refractivity contribution >= 4 is 24.0 Å². The third-order valence-corrected chi connectivity index (χ3v) is 5.99. The van der Waals surface area contributed by atoms with Gasteiger partial charge in [-0.1, -0.05) is 116 Å². The summed E-state index contributed by atoms with van der Waals surface area (Å²) >= 11 is -0.814. The summed E-state index contributed by atoms with van der Waals surface area (Å²) in [7, 11) is 0. The molecule has 0 aliphatic rings. The summed E-state index contributed by atoms with van der Waals surface area (Å²) in [4.78, 5) is 22.5. The first-order valence-corrected chi connectivity index (χ1v) is 13.5. The molecule has 0 atom stereocenters. The fraction of sp³-hybridized carbons (Fsp3) is 0.917. The van der Waals surface area contributed by atoms with Gasteiger partial charge in [0.05, 0.1) is 6.61 Å². The molecule has 0 aliphatic carbocycles. The number of alkyl halides is 2. The normalized spacial score (nSPS) is 11.5. The highest BCUT2D eigenvalue weighted by atomic mass is 32.2. The zero-order chi connectivity index (χ0) is 25.3. The smallest absolute Gasteiger partial charge is 0.415 e. The Morgan fingerprint density at radius 3 is 1.53 bits per heavy atom. The number of unbranched alkanes of at least 4 members (excludes halogenated alkanes) is 17. The van der Waals surface area contributed by atoms with E-state index in [-0.39, 0.29) is 6.61 Å². The van der Waals surface area contributed by atoms with Crippen LogP contribution in [0.2, 0.25) is 0 Å². The molecular weight excluding hydrogens is 470 g/mol. The highest BCUT2D eigenvalue weighted by molar-refractivity contribution is 7.96. The predicted molar refractivity (Wildman–Crippen MR) is 125 cm³/mol. The van der Waals surface area contributed by atoms with Gasteiger partial charge in [0.1, 0.15) is 12.0 Å². The lowest BCUT2D eigenvalue weighted by atomic mass is 10.0. The fourth-order valence-electron chi connectivity index (χ4n) is 3.53. The van der Waals surface area contributed by atoms with E-state index >= 15 is 0 Å². The standard InChI is InChI=1S/C24H44F2O7S/c1-2-3-4-5-6-7-8-9-10-11-12-13-14-15-16-17-18-19-20-30-22(27)21-31-23(28)24(25,26)34-33-32-29/h29H,2-21H2,1H3/p-1. The van der Waals surface area contributed by atoms with Crippen molar-refractivity contribution in [1.82, 2.24) is 0 Å². The maximum Gasteiger partial charge on any atom is 0.415 e. The van der Waals surface area contributed by atoms with Crippen LogP contribution in [0.4, 0.5) is 8.78 Å². The molecule has 10 heteroatoms. The number of hydrogen-bond acceptors (Lipinski definition) is 8. The van der Waals surface area contributed by atoms with Crippen molar-refractivity contribution in [2.45, 2.75) is 128 Å². The number of rotatable bonds is 25. The molecule has 0 spiro atoms. The van der Waals surface area contributed by atoms with E-state index in [2.05, 4.69) is 21.0 Å². The lowest BCUT2D eigenvalue weighted by Crippen LogP contribution is -2.30. The van der Waals surface area contributed by atoms with Crippen LogP contribution in [0.1, 0.15) is 122 Å². The number of carbonyl (C=O) groups excluding carboxylic acids is 2. The third-order valence-electron chi connectivity index (χ3n) is 5.49. The van der Waals surface area contributed by atoms with E-state index in [1.54, 1.807) is 0 Å². The van der Waals surface area contributed by atoms with Gasteiger partial charge < -0.3 is 14.7 Å². The first kappa shape index (κ1) is 33.0. The molecule has 0 aromatic heterocycles. The summed E-state index contributed by atoms with van der Waals surface area (Å²) in [5.41, 5.74) is 0. The van der Waals surface area contributed by atoms with E-state index < -0.39 is 35.8 Å². The molecule has 202 valence electrons. The minimum Gasteiger partial charge on any atom is -0.691 e. The van der Waals surface area contributed by atoms with Gasteiger partial charge in [0.25, 0.3) is 0 Å². The molecule has 0 fully saturated rings. The second-order valence-electron chi connectivity index (χ2n) is 8.54. The van der Waals surface area contributed by atoms with Crippen molar-refractivity contribution in [3.05, 3.63) is 0 Å². The molecule has 0 rings (SSSR count). The molecule has 0 aliphatic heterocycles. The van der Waals surface area contributed by atoms with Gasteiger partial charge in [-0.2, -0.15) is 13.1 Å². The van der Waals surface area contributed by atoms with Crippen molar-refractivity contribution < 1.29 is 42.5 Å². The van der Waals surface area contributed by atoms with Crippen molar-refractivity contribution in [1.29, 1.82) is 0 Å². The average molecular weight is 514 g/mol. The molecule has 0 radical (unpaired) electrons. The van der Waals surface area contributed by atoms with Crippen LogP contribution < -0.4 is 5.26 Å². The number of halogens is 2. The van der Waals surface area contributed by atoms with E-state index in [0.29, 0.717) is 6.42 Å². The van der Waals surface area contributed by atoms with E-state index in [1.807, 2.05) is 0 Å². The second kappa shape index (κ2) is 23.8. The van der Waals surface area contributed by atoms with Gasteiger partial charge in [0, 0.05) is 0 Å². The van der Waals surface area contributed by atoms with Crippen LogP contribution in [0.25, 0.3) is 0 Å². The summed E-state index contributed by atoms with van der Waals surface area (Å²) in [6.07, 6.45) is 22.6. The van der Waals surface area contributed by atoms with Crippen molar-refractivity contribution in [3.8, 4) is 0 Å². The molecule has 0 amide bonds. The number of carbonyl (C=O) groups is 2. The molecule has 0 saturated heterocycles. The second-order valence-corrected chi connectivity index (χ2v) is 9.36. The predicted octanol–water partition coefficient (Wildman–Crippen LogP) is 6.58. The Morgan fingerprint density at radius 1 is 0.706 bits per heavy atom. The summed E-state index contributed by atoms with van der Waals surface area (Å²) in [6.45, 7) is 1.46. The third kappa shape index (κ3) is 21.6. The topological polar surface area (TPSA) is 94.1 Å². The highest BCUT2D eigenvalue weighted by Gasteiger charge is 2.44. The summed E-state index contributed by atoms with van der Waals surface area (Å²) in [5.74, 6) is -2.94. The maximum absolute atomic E-state index is 13.1. The van der Waals surface area contributed by atoms with E-state index in [1.165, 1.54) is 89.9 Å². The number of esters is 2. The largest absolute Gasteiger partial charge is 0.691 e. The molecule has 34 heavy (non-hydrogen) atoms. The zero-order valence-corrected chi connectivity index (χ0v) is 21.5. The van der Waals surface area contributed by atoms with Crippen LogP contribution in [0.5, 0.6) is 0 Å². The summed E-state index contributed by atoms with van der Waals surface area (Å²) in [6, 6.07) is 0. The van der Waals surface area contributed by atoms with E-state index in [4.69, 9.17) is 4.74 Å². The van der Waals surface area contributed by atoms with Crippen LogP contribution in [-0.2, 0) is 28.4 Å². The Hall–Kier alpha value is -0.970. The quantitative estimate of drug-likeness (QED) is 0.0444. The van der Waals surface area contributed by atoms with Gasteiger partial charge >= 0.3 is 17.2 Å². The Morgan fingerprint density at radius 2 is 1.12 bits per heavy atom. The van der Waals surface area contributed by atoms with Gasteiger partial charge in [0.2, 0.25) is 0 Å². The van der Waals surface area contributed by atoms with Crippen LogP contribution in [0.15, 0.2) is 0 Å². The van der Waals surface area contributed by atoms with Gasteiger partial charge in [0.15, 0.2) is 6.61 Å². The molecule has 7 nitrogen and oxygen atoms in total. The Bertz CT molecular complexity index is 496. The Balaban J connectivity index is 3.34. The van der Waals surface area contributed by atoms with Crippen LogP contribution in [0.3, 0.4) is 0 Å². The average Bonchev–Trinajstić information content (AvgIpc) is 2.82. The van der Waals surface area contributed by atoms with Crippen LogP contribution in [0, 0.1) is 0 Å². The summed E-state index contributed by atoms with van der Waals surface area (Å²) < 4.78 is 38.5. The minimum atomic E-state index is -4.17. The Kier molecular flexibility index (Phi) is 23.1. The number of ether oxygens (including phenoxy) is 2. The first-order valence-electron chi connectivity index (χ1n) is 12.8. The highest BCUT2D eigenvalue weighted by Crippen LogP contribution is 2.30. The number of hydrogen-bond donors (Lipinski definition) is 0. The first-order chi connectivity index (χ1) is 16.4. The van der Waals surface area contributed by atoms with Crippen LogP contribution in [-0.4, -0.2) is 30.4 Å². The SMILES string of the molecule is CCCCCCCCCCCCCCCCCCCCOC(=O)COC(=O)C(F)(F)SOO[O-]. The van der Waals surface area contributed by atoms with Gasteiger partial charge in [-0.3, -0.25) is 5.04 Å². The Labute approximate surface area is 207 Å². The van der Waals surface area contributed by atoms with Gasteiger partial charge in [-0.15, -0.1) is 0 Å². The monoisotopic (exact) mass is 513 g/mol. The van der Waals surface area contributed by atoms with Gasteiger partial charge in [-0.25, -0.2) is 9.59 Å². The molecule has 0 saturated carbocycles. The van der Waals surface area contributed by atoms with E-state index in [0.717, 1.165) is 19.3 Å². The van der Waals surface area contributed by atoms with Crippen LogP contribution >= 0.6 is 12.0 Å². The van der Waals surface area contributed by atoms with Crippen molar-refractivity contribution in [2.75, 3.05) is 13.2 Å². The van der Waals surface area contributed by atoms with Crippen molar-refractivity contribution in [3.63, 3.8) is 0 Å². The zero-order valence-electron chi connectivity index (χ0n) is 20.7. The lowest BCUT2D eigenvalue weighted by molar-refractivity contribution is -0.777.